The predicted octanol–water partition coefficient (Wildman–Crippen LogP) is 0.426. The molecule has 8 heteroatoms. The molecule has 2 atom stereocenters. The maximum atomic E-state index is 13.0. The van der Waals surface area contributed by atoms with Gasteiger partial charge in [0.25, 0.3) is 5.91 Å². The number of hydrogen-bond donors (Lipinski definition) is 0. The zero-order valence-electron chi connectivity index (χ0n) is 13.9. The van der Waals surface area contributed by atoms with Gasteiger partial charge in [0.15, 0.2) is 9.84 Å². The number of aromatic nitrogens is 2. The Labute approximate surface area is 146 Å². The van der Waals surface area contributed by atoms with Gasteiger partial charge in [0.1, 0.15) is 0 Å². The van der Waals surface area contributed by atoms with Crippen LogP contribution in [-0.2, 0) is 9.84 Å². The second-order valence-corrected chi connectivity index (χ2v) is 8.86. The number of carbonyl (C=O) groups is 1. The molecule has 0 unspecified atom stereocenters. The Kier molecular flexibility index (Phi) is 3.88. The van der Waals surface area contributed by atoms with Crippen LogP contribution < -0.4 is 0 Å². The second-order valence-electron chi connectivity index (χ2n) is 6.71. The number of piperazine rings is 1. The molecule has 0 spiro atoms. The number of carbonyl (C=O) groups excluding carboxylic acids is 1. The SMILES string of the molecule is CN1CCN(C(=O)c2ccc(-n3ccnc3)cc2)[C@H]2CS(=O)(=O)C[C@H]21. The summed E-state index contributed by atoms with van der Waals surface area (Å²) in [7, 11) is -1.16. The third-order valence-electron chi connectivity index (χ3n) is 5.13. The highest BCUT2D eigenvalue weighted by molar-refractivity contribution is 7.91. The topological polar surface area (TPSA) is 75.5 Å². The summed E-state index contributed by atoms with van der Waals surface area (Å²) in [6.07, 6.45) is 5.24. The van der Waals surface area contributed by atoms with Crippen molar-refractivity contribution in [3.8, 4) is 5.69 Å². The van der Waals surface area contributed by atoms with Crippen molar-refractivity contribution >= 4 is 15.7 Å². The van der Waals surface area contributed by atoms with Gasteiger partial charge in [0.05, 0.1) is 23.9 Å². The van der Waals surface area contributed by atoms with E-state index in [0.29, 0.717) is 18.7 Å². The van der Waals surface area contributed by atoms with Crippen LogP contribution in [0.3, 0.4) is 0 Å². The van der Waals surface area contributed by atoms with Gasteiger partial charge in [0, 0.05) is 42.8 Å². The van der Waals surface area contributed by atoms with Crippen LogP contribution in [0.15, 0.2) is 43.0 Å². The normalized spacial score (nSPS) is 25.7. The van der Waals surface area contributed by atoms with E-state index in [9.17, 15) is 13.2 Å². The summed E-state index contributed by atoms with van der Waals surface area (Å²) in [4.78, 5) is 20.8. The molecule has 1 amide bonds. The number of imidazole rings is 1. The zero-order chi connectivity index (χ0) is 17.6. The molecule has 2 fully saturated rings. The minimum atomic E-state index is -3.09. The average molecular weight is 360 g/mol. The Morgan fingerprint density at radius 1 is 1.12 bits per heavy atom. The lowest BCUT2D eigenvalue weighted by Gasteiger charge is -2.42. The Balaban J connectivity index is 1.58. The van der Waals surface area contributed by atoms with Crippen molar-refractivity contribution in [2.24, 2.45) is 0 Å². The molecule has 0 saturated carbocycles. The third kappa shape index (κ3) is 2.96. The van der Waals surface area contributed by atoms with E-state index in [4.69, 9.17) is 0 Å². The highest BCUT2D eigenvalue weighted by atomic mass is 32.2. The smallest absolute Gasteiger partial charge is 0.254 e. The van der Waals surface area contributed by atoms with Gasteiger partial charge in [-0.05, 0) is 31.3 Å². The number of hydrogen-bond acceptors (Lipinski definition) is 5. The van der Waals surface area contributed by atoms with Gasteiger partial charge in [-0.3, -0.25) is 9.69 Å². The van der Waals surface area contributed by atoms with Crippen LogP contribution in [0.25, 0.3) is 5.69 Å². The second kappa shape index (κ2) is 5.96. The third-order valence-corrected chi connectivity index (χ3v) is 6.83. The van der Waals surface area contributed by atoms with E-state index in [2.05, 4.69) is 9.88 Å². The first kappa shape index (κ1) is 16.3. The number of amides is 1. The fourth-order valence-corrected chi connectivity index (χ4v) is 5.79. The van der Waals surface area contributed by atoms with Crippen molar-refractivity contribution in [3.05, 3.63) is 48.5 Å². The number of sulfone groups is 1. The van der Waals surface area contributed by atoms with Gasteiger partial charge in [-0.2, -0.15) is 0 Å². The minimum Gasteiger partial charge on any atom is -0.332 e. The highest BCUT2D eigenvalue weighted by Crippen LogP contribution is 2.27. The number of nitrogens with zero attached hydrogens (tertiary/aromatic N) is 4. The Bertz CT molecular complexity index is 877. The van der Waals surface area contributed by atoms with Crippen LogP contribution in [0.5, 0.6) is 0 Å². The standard InChI is InChI=1S/C17H20N4O3S/c1-19-8-9-21(16-11-25(23,24)10-15(16)19)17(22)13-2-4-14(5-3-13)20-7-6-18-12-20/h2-7,12,15-16H,8-11H2,1H3/t15-,16+/m1/s1. The van der Waals surface area contributed by atoms with Crippen molar-refractivity contribution in [1.82, 2.24) is 19.4 Å². The Morgan fingerprint density at radius 3 is 2.52 bits per heavy atom. The van der Waals surface area contributed by atoms with E-state index in [0.717, 1.165) is 5.69 Å². The van der Waals surface area contributed by atoms with E-state index in [-0.39, 0.29) is 29.5 Å². The van der Waals surface area contributed by atoms with Gasteiger partial charge < -0.3 is 9.47 Å². The molecule has 2 saturated heterocycles. The van der Waals surface area contributed by atoms with Crippen molar-refractivity contribution in [2.75, 3.05) is 31.6 Å². The molecule has 4 rings (SSSR count). The van der Waals surface area contributed by atoms with Crippen LogP contribution >= 0.6 is 0 Å². The monoisotopic (exact) mass is 360 g/mol. The molecule has 0 aliphatic carbocycles. The molecular weight excluding hydrogens is 340 g/mol. The van der Waals surface area contributed by atoms with E-state index in [1.165, 1.54) is 0 Å². The molecule has 1 aromatic carbocycles. The summed E-state index contributed by atoms with van der Waals surface area (Å²) in [6.45, 7) is 1.24. The van der Waals surface area contributed by atoms with Crippen molar-refractivity contribution in [3.63, 3.8) is 0 Å². The Morgan fingerprint density at radius 2 is 1.84 bits per heavy atom. The molecule has 0 N–H and O–H groups in total. The van der Waals surface area contributed by atoms with Gasteiger partial charge >= 0.3 is 0 Å². The average Bonchev–Trinajstić information content (AvgIpc) is 3.22. The molecular formula is C17H20N4O3S. The van der Waals surface area contributed by atoms with Gasteiger partial charge in [-0.15, -0.1) is 0 Å². The first-order valence-corrected chi connectivity index (χ1v) is 10.1. The van der Waals surface area contributed by atoms with E-state index < -0.39 is 9.84 Å². The quantitative estimate of drug-likeness (QED) is 0.776. The largest absolute Gasteiger partial charge is 0.332 e. The summed E-state index contributed by atoms with van der Waals surface area (Å²) in [5, 5.41) is 0. The lowest BCUT2D eigenvalue weighted by atomic mass is 10.0. The minimum absolute atomic E-state index is 0.0564. The fourth-order valence-electron chi connectivity index (χ4n) is 3.73. The van der Waals surface area contributed by atoms with Crippen molar-refractivity contribution in [1.29, 1.82) is 0 Å². The number of likely N-dealkylation sites (N-methyl/N-ethyl adjacent to an activating group) is 1. The van der Waals surface area contributed by atoms with Crippen LogP contribution in [-0.4, -0.2) is 77.4 Å². The van der Waals surface area contributed by atoms with Crippen LogP contribution in [0.1, 0.15) is 10.4 Å². The van der Waals surface area contributed by atoms with Gasteiger partial charge in [0.2, 0.25) is 0 Å². The molecule has 25 heavy (non-hydrogen) atoms. The molecule has 1 aromatic heterocycles. The zero-order valence-corrected chi connectivity index (χ0v) is 14.8. The van der Waals surface area contributed by atoms with Crippen LogP contribution in [0.2, 0.25) is 0 Å². The van der Waals surface area contributed by atoms with Crippen molar-refractivity contribution in [2.45, 2.75) is 12.1 Å². The summed E-state index contributed by atoms with van der Waals surface area (Å²) in [5.74, 6) is 0.0932. The fraction of sp³-hybridized carbons (Fsp3) is 0.412. The molecule has 0 radical (unpaired) electrons. The first-order valence-electron chi connectivity index (χ1n) is 8.25. The maximum Gasteiger partial charge on any atom is 0.254 e. The summed E-state index contributed by atoms with van der Waals surface area (Å²) in [6, 6.07) is 6.95. The maximum absolute atomic E-state index is 13.0. The van der Waals surface area contributed by atoms with Crippen LogP contribution in [0.4, 0.5) is 0 Å². The summed E-state index contributed by atoms with van der Waals surface area (Å²) >= 11 is 0. The predicted molar refractivity (Wildman–Crippen MR) is 93.5 cm³/mol. The molecule has 0 bridgehead atoms. The molecule has 7 nitrogen and oxygen atoms in total. The number of rotatable bonds is 2. The van der Waals surface area contributed by atoms with E-state index in [1.54, 1.807) is 29.6 Å². The lowest BCUT2D eigenvalue weighted by molar-refractivity contribution is 0.0410. The highest BCUT2D eigenvalue weighted by Gasteiger charge is 2.46. The van der Waals surface area contributed by atoms with E-state index in [1.807, 2.05) is 29.9 Å². The van der Waals surface area contributed by atoms with E-state index >= 15 is 0 Å². The number of fused-ring (bicyclic) bond motifs is 1. The summed E-state index contributed by atoms with van der Waals surface area (Å²) < 4.78 is 26.0. The van der Waals surface area contributed by atoms with Gasteiger partial charge in [-0.1, -0.05) is 0 Å². The number of benzene rings is 1. The molecule has 132 valence electrons. The lowest BCUT2D eigenvalue weighted by Crippen LogP contribution is -2.59. The molecule has 2 aliphatic rings. The molecule has 2 aliphatic heterocycles. The molecule has 2 aromatic rings. The van der Waals surface area contributed by atoms with Gasteiger partial charge in [-0.25, -0.2) is 13.4 Å². The molecule has 3 heterocycles. The first-order chi connectivity index (χ1) is 11.9. The van der Waals surface area contributed by atoms with Crippen molar-refractivity contribution < 1.29 is 13.2 Å². The van der Waals surface area contributed by atoms with Crippen LogP contribution in [0, 0.1) is 0 Å². The Hall–Kier alpha value is -2.19. The summed E-state index contributed by atoms with van der Waals surface area (Å²) in [5.41, 5.74) is 1.50.